The number of nitriles is 1. The van der Waals surface area contributed by atoms with Crippen LogP contribution in [0.4, 0.5) is 5.69 Å². The fraction of sp³-hybridized carbons (Fsp3) is 0.273. The highest BCUT2D eigenvalue weighted by Gasteiger charge is 2.26. The van der Waals surface area contributed by atoms with Gasteiger partial charge >= 0.3 is 11.7 Å². The van der Waals surface area contributed by atoms with Gasteiger partial charge in [-0.3, -0.25) is 10.1 Å². The molecule has 6 nitrogen and oxygen atoms in total. The van der Waals surface area contributed by atoms with E-state index in [9.17, 15) is 14.9 Å². The average Bonchev–Trinajstić information content (AvgIpc) is 2.36. The number of alkyl halides is 1. The summed E-state index contributed by atoms with van der Waals surface area (Å²) in [5.41, 5.74) is -0.267. The van der Waals surface area contributed by atoms with E-state index in [1.54, 1.807) is 13.0 Å². The second-order valence-corrected chi connectivity index (χ2v) is 3.82. The lowest BCUT2D eigenvalue weighted by molar-refractivity contribution is -0.385. The lowest BCUT2D eigenvalue weighted by atomic mass is 10.0. The fourth-order valence-corrected chi connectivity index (χ4v) is 1.74. The lowest BCUT2D eigenvalue weighted by Gasteiger charge is -2.06. The second kappa shape index (κ2) is 6.12. The molecule has 0 unspecified atom stereocenters. The van der Waals surface area contributed by atoms with Crippen molar-refractivity contribution < 1.29 is 14.5 Å². The highest BCUT2D eigenvalue weighted by atomic mass is 79.9. The Morgan fingerprint density at radius 3 is 2.72 bits per heavy atom. The van der Waals surface area contributed by atoms with Gasteiger partial charge in [-0.15, -0.1) is 0 Å². The molecule has 0 heterocycles. The minimum Gasteiger partial charge on any atom is -0.462 e. The van der Waals surface area contributed by atoms with Crippen LogP contribution in [0.2, 0.25) is 0 Å². The number of benzene rings is 1. The van der Waals surface area contributed by atoms with E-state index in [0.717, 1.165) is 0 Å². The van der Waals surface area contributed by atoms with Crippen molar-refractivity contribution in [2.75, 3.05) is 6.61 Å². The van der Waals surface area contributed by atoms with Gasteiger partial charge in [-0.1, -0.05) is 15.9 Å². The molecular formula is C11H9BrN2O4. The SMILES string of the molecule is CCOC(=O)c1cc(CBr)cc(C#N)c1[N+](=O)[O-]. The Bertz CT molecular complexity index is 537. The van der Waals surface area contributed by atoms with Gasteiger partial charge in [0.25, 0.3) is 0 Å². The van der Waals surface area contributed by atoms with E-state index in [2.05, 4.69) is 15.9 Å². The summed E-state index contributed by atoms with van der Waals surface area (Å²) in [5.74, 6) is -0.802. The third kappa shape index (κ3) is 2.84. The zero-order valence-corrected chi connectivity index (χ0v) is 11.1. The fourth-order valence-electron chi connectivity index (χ4n) is 1.42. The molecule has 0 N–H and O–H groups in total. The molecule has 0 aliphatic heterocycles. The third-order valence-corrected chi connectivity index (χ3v) is 2.77. The van der Waals surface area contributed by atoms with Crippen molar-refractivity contribution in [2.45, 2.75) is 12.3 Å². The Labute approximate surface area is 111 Å². The molecule has 1 rings (SSSR count). The maximum Gasteiger partial charge on any atom is 0.345 e. The molecule has 94 valence electrons. The molecule has 7 heteroatoms. The molecule has 1 aromatic carbocycles. The number of halogens is 1. The predicted molar refractivity (Wildman–Crippen MR) is 66.4 cm³/mol. The topological polar surface area (TPSA) is 93.2 Å². The Balaban J connectivity index is 3.50. The van der Waals surface area contributed by atoms with Crippen LogP contribution in [0.1, 0.15) is 28.4 Å². The van der Waals surface area contributed by atoms with E-state index in [1.165, 1.54) is 12.1 Å². The predicted octanol–water partition coefficient (Wildman–Crippen LogP) is 2.54. The Morgan fingerprint density at radius 1 is 1.61 bits per heavy atom. The van der Waals surface area contributed by atoms with E-state index in [-0.39, 0.29) is 17.7 Å². The van der Waals surface area contributed by atoms with Crippen molar-refractivity contribution in [3.05, 3.63) is 38.9 Å². The minimum absolute atomic E-state index is 0.108. The van der Waals surface area contributed by atoms with Crippen molar-refractivity contribution in [1.82, 2.24) is 0 Å². The van der Waals surface area contributed by atoms with Crippen molar-refractivity contribution in [2.24, 2.45) is 0 Å². The van der Waals surface area contributed by atoms with Crippen LogP contribution >= 0.6 is 15.9 Å². The first kappa shape index (κ1) is 14.1. The number of nitro groups is 1. The Kier molecular flexibility index (Phi) is 4.80. The maximum absolute atomic E-state index is 11.7. The van der Waals surface area contributed by atoms with Gasteiger partial charge in [0.1, 0.15) is 17.2 Å². The summed E-state index contributed by atoms with van der Waals surface area (Å²) in [6.45, 7) is 1.71. The number of esters is 1. The van der Waals surface area contributed by atoms with E-state index in [4.69, 9.17) is 10.00 Å². The van der Waals surface area contributed by atoms with Gasteiger partial charge in [-0.2, -0.15) is 5.26 Å². The summed E-state index contributed by atoms with van der Waals surface area (Å²) < 4.78 is 4.75. The molecule has 0 atom stereocenters. The van der Waals surface area contributed by atoms with Crippen LogP contribution in [0.15, 0.2) is 12.1 Å². The van der Waals surface area contributed by atoms with Crippen LogP contribution in [-0.4, -0.2) is 17.5 Å². The molecule has 0 spiro atoms. The summed E-state index contributed by atoms with van der Waals surface area (Å²) in [4.78, 5) is 21.9. The van der Waals surface area contributed by atoms with Crippen molar-refractivity contribution >= 4 is 27.6 Å². The number of rotatable bonds is 4. The smallest absolute Gasteiger partial charge is 0.345 e. The first-order valence-electron chi connectivity index (χ1n) is 4.99. The standard InChI is InChI=1S/C11H9BrN2O4/c1-2-18-11(15)9-4-7(5-12)3-8(6-13)10(9)14(16)17/h3-4H,2,5H2,1H3. The zero-order valence-electron chi connectivity index (χ0n) is 9.47. The van der Waals surface area contributed by atoms with Gasteiger partial charge in [0, 0.05) is 5.33 Å². The van der Waals surface area contributed by atoms with Crippen LogP contribution in [-0.2, 0) is 10.1 Å². The summed E-state index contributed by atoms with van der Waals surface area (Å²) >= 11 is 3.17. The number of carbonyl (C=O) groups is 1. The number of nitro benzene ring substituents is 1. The van der Waals surface area contributed by atoms with Gasteiger partial charge in [0.05, 0.1) is 11.5 Å². The number of carbonyl (C=O) groups excluding carboxylic acids is 1. The first-order chi connectivity index (χ1) is 8.54. The minimum atomic E-state index is -0.802. The summed E-state index contributed by atoms with van der Waals surface area (Å²) in [6, 6.07) is 4.44. The van der Waals surface area contributed by atoms with Crippen molar-refractivity contribution in [1.29, 1.82) is 5.26 Å². The third-order valence-electron chi connectivity index (χ3n) is 2.12. The molecule has 0 bridgehead atoms. The lowest BCUT2D eigenvalue weighted by Crippen LogP contribution is -2.10. The molecule has 0 radical (unpaired) electrons. The molecule has 0 saturated heterocycles. The Hall–Kier alpha value is -1.94. The monoisotopic (exact) mass is 312 g/mol. The average molecular weight is 313 g/mol. The van der Waals surface area contributed by atoms with Crippen LogP contribution in [0.3, 0.4) is 0 Å². The van der Waals surface area contributed by atoms with Crippen molar-refractivity contribution in [3.8, 4) is 6.07 Å². The maximum atomic E-state index is 11.7. The Morgan fingerprint density at radius 2 is 2.28 bits per heavy atom. The summed E-state index contributed by atoms with van der Waals surface area (Å²) in [6.07, 6.45) is 0. The molecular weight excluding hydrogens is 304 g/mol. The highest BCUT2D eigenvalue weighted by Crippen LogP contribution is 2.27. The molecule has 0 aliphatic rings. The highest BCUT2D eigenvalue weighted by molar-refractivity contribution is 9.08. The van der Waals surface area contributed by atoms with Crippen molar-refractivity contribution in [3.63, 3.8) is 0 Å². The zero-order chi connectivity index (χ0) is 13.7. The van der Waals surface area contributed by atoms with Gasteiger partial charge in [-0.05, 0) is 24.6 Å². The van der Waals surface area contributed by atoms with E-state index in [1.807, 2.05) is 0 Å². The van der Waals surface area contributed by atoms with Crippen LogP contribution in [0, 0.1) is 21.4 Å². The number of hydrogen-bond donors (Lipinski definition) is 0. The first-order valence-corrected chi connectivity index (χ1v) is 6.11. The van der Waals surface area contributed by atoms with Gasteiger partial charge in [-0.25, -0.2) is 4.79 Å². The van der Waals surface area contributed by atoms with E-state index in [0.29, 0.717) is 10.9 Å². The number of nitrogens with zero attached hydrogens (tertiary/aromatic N) is 2. The van der Waals surface area contributed by atoms with Crippen LogP contribution in [0.5, 0.6) is 0 Å². The molecule has 0 aromatic heterocycles. The van der Waals surface area contributed by atoms with E-state index < -0.39 is 16.6 Å². The second-order valence-electron chi connectivity index (χ2n) is 3.26. The molecule has 1 aromatic rings. The summed E-state index contributed by atoms with van der Waals surface area (Å²) in [5, 5.41) is 20.2. The normalized spacial score (nSPS) is 9.61. The van der Waals surface area contributed by atoms with E-state index >= 15 is 0 Å². The number of ether oxygens (including phenoxy) is 1. The van der Waals surface area contributed by atoms with Gasteiger partial charge in [0.15, 0.2) is 0 Å². The molecule has 0 saturated carbocycles. The molecule has 0 fully saturated rings. The van der Waals surface area contributed by atoms with Crippen LogP contribution in [0.25, 0.3) is 0 Å². The number of hydrogen-bond acceptors (Lipinski definition) is 5. The van der Waals surface area contributed by atoms with Gasteiger partial charge < -0.3 is 4.74 Å². The molecule has 18 heavy (non-hydrogen) atoms. The molecule has 0 amide bonds. The molecule has 0 aliphatic carbocycles. The van der Waals surface area contributed by atoms with Crippen LogP contribution < -0.4 is 0 Å². The quantitative estimate of drug-likeness (QED) is 0.368. The largest absolute Gasteiger partial charge is 0.462 e. The summed E-state index contributed by atoms with van der Waals surface area (Å²) in [7, 11) is 0. The van der Waals surface area contributed by atoms with Gasteiger partial charge in [0.2, 0.25) is 0 Å².